The fraction of sp³-hybridized carbons (Fsp3) is 0.533. The summed E-state index contributed by atoms with van der Waals surface area (Å²) < 4.78 is 5.40. The lowest BCUT2D eigenvalue weighted by Gasteiger charge is -2.35. The highest BCUT2D eigenvalue weighted by Crippen LogP contribution is 2.12. The molecular weight excluding hydrogens is 276 g/mol. The number of hydrogen-bond donors (Lipinski definition) is 1. The number of carbonyl (C=O) groups is 1. The summed E-state index contributed by atoms with van der Waals surface area (Å²) in [6.07, 6.45) is 1.91. The summed E-state index contributed by atoms with van der Waals surface area (Å²) in [5.74, 6) is 0. The zero-order chi connectivity index (χ0) is 13.5. The van der Waals surface area contributed by atoms with E-state index < -0.39 is 0 Å². The number of piperazine rings is 1. The average molecular weight is 299 g/mol. The summed E-state index contributed by atoms with van der Waals surface area (Å²) in [6, 6.07) is 10.1. The molecule has 4 nitrogen and oxygen atoms in total. The van der Waals surface area contributed by atoms with E-state index in [0.29, 0.717) is 6.61 Å². The van der Waals surface area contributed by atoms with E-state index in [-0.39, 0.29) is 24.5 Å². The zero-order valence-electron chi connectivity index (χ0n) is 11.9. The van der Waals surface area contributed by atoms with Crippen molar-refractivity contribution in [3.8, 4) is 0 Å². The molecular formula is C15H23ClN2O2. The first-order valence-electron chi connectivity index (χ1n) is 6.99. The molecule has 1 N–H and O–H groups in total. The number of halogens is 1. The van der Waals surface area contributed by atoms with Crippen LogP contribution in [-0.2, 0) is 11.3 Å². The van der Waals surface area contributed by atoms with Crippen LogP contribution in [0, 0.1) is 0 Å². The molecule has 20 heavy (non-hydrogen) atoms. The Kier molecular flexibility index (Phi) is 7.41. The van der Waals surface area contributed by atoms with Gasteiger partial charge in [0.05, 0.1) is 0 Å². The van der Waals surface area contributed by atoms with Crippen LogP contribution in [0.4, 0.5) is 4.79 Å². The second-order valence-corrected chi connectivity index (χ2v) is 4.88. The number of rotatable bonds is 4. The van der Waals surface area contributed by atoms with E-state index in [0.717, 1.165) is 38.0 Å². The Morgan fingerprint density at radius 2 is 2.15 bits per heavy atom. The molecule has 2 rings (SSSR count). The van der Waals surface area contributed by atoms with Gasteiger partial charge in [-0.15, -0.1) is 12.4 Å². The van der Waals surface area contributed by atoms with Gasteiger partial charge in [-0.05, 0) is 12.0 Å². The number of nitrogens with zero attached hydrogens (tertiary/aromatic N) is 1. The normalized spacial score (nSPS) is 18.2. The topological polar surface area (TPSA) is 41.6 Å². The molecule has 5 heteroatoms. The van der Waals surface area contributed by atoms with Crippen molar-refractivity contribution >= 4 is 18.5 Å². The summed E-state index contributed by atoms with van der Waals surface area (Å²) in [6.45, 7) is 4.94. The van der Waals surface area contributed by atoms with E-state index in [1.165, 1.54) is 0 Å². The van der Waals surface area contributed by atoms with Gasteiger partial charge in [0.25, 0.3) is 0 Å². The Labute approximate surface area is 126 Å². The summed E-state index contributed by atoms with van der Waals surface area (Å²) in [4.78, 5) is 14.0. The molecule has 1 heterocycles. The monoisotopic (exact) mass is 298 g/mol. The second-order valence-electron chi connectivity index (χ2n) is 4.88. The lowest BCUT2D eigenvalue weighted by molar-refractivity contribution is 0.0701. The summed E-state index contributed by atoms with van der Waals surface area (Å²) in [5, 5.41) is 3.33. The minimum absolute atomic E-state index is 0. The first-order chi connectivity index (χ1) is 9.31. The minimum Gasteiger partial charge on any atom is -0.445 e. The quantitative estimate of drug-likeness (QED) is 0.929. The van der Waals surface area contributed by atoms with Gasteiger partial charge in [-0.1, -0.05) is 43.7 Å². The molecule has 0 aliphatic carbocycles. The molecule has 0 bridgehead atoms. The smallest absolute Gasteiger partial charge is 0.410 e. The summed E-state index contributed by atoms with van der Waals surface area (Å²) in [7, 11) is 0. The Balaban J connectivity index is 0.00000200. The molecule has 0 unspecified atom stereocenters. The molecule has 1 amide bonds. The second kappa shape index (κ2) is 8.82. The number of benzene rings is 1. The van der Waals surface area contributed by atoms with Crippen molar-refractivity contribution < 1.29 is 9.53 Å². The van der Waals surface area contributed by atoms with Crippen molar-refractivity contribution in [2.75, 3.05) is 19.6 Å². The maximum atomic E-state index is 12.1. The van der Waals surface area contributed by atoms with Crippen LogP contribution in [-0.4, -0.2) is 36.7 Å². The van der Waals surface area contributed by atoms with Crippen LogP contribution in [0.5, 0.6) is 0 Å². The Morgan fingerprint density at radius 1 is 1.40 bits per heavy atom. The van der Waals surface area contributed by atoms with Crippen molar-refractivity contribution in [2.24, 2.45) is 0 Å². The van der Waals surface area contributed by atoms with Crippen molar-refractivity contribution in [2.45, 2.75) is 32.4 Å². The molecule has 1 aliphatic rings. The fourth-order valence-electron chi connectivity index (χ4n) is 2.39. The molecule has 1 atom stereocenters. The SMILES string of the molecule is CCC[C@H]1CNCCN1C(=O)OCc1ccccc1.Cl. The van der Waals surface area contributed by atoms with E-state index in [1.807, 2.05) is 35.2 Å². The predicted octanol–water partition coefficient (Wildman–Crippen LogP) is 2.82. The van der Waals surface area contributed by atoms with Gasteiger partial charge in [0.15, 0.2) is 0 Å². The van der Waals surface area contributed by atoms with E-state index in [2.05, 4.69) is 12.2 Å². The van der Waals surface area contributed by atoms with Gasteiger partial charge < -0.3 is 15.0 Å². The zero-order valence-corrected chi connectivity index (χ0v) is 12.7. The molecule has 0 spiro atoms. The van der Waals surface area contributed by atoms with Gasteiger partial charge in [0.1, 0.15) is 6.61 Å². The van der Waals surface area contributed by atoms with Gasteiger partial charge in [0, 0.05) is 25.7 Å². The predicted molar refractivity (Wildman–Crippen MR) is 82.1 cm³/mol. The van der Waals surface area contributed by atoms with Crippen LogP contribution in [0.15, 0.2) is 30.3 Å². The van der Waals surface area contributed by atoms with Crippen molar-refractivity contribution in [3.63, 3.8) is 0 Å². The third-order valence-corrected chi connectivity index (χ3v) is 3.41. The lowest BCUT2D eigenvalue weighted by atomic mass is 10.1. The van der Waals surface area contributed by atoms with E-state index in [9.17, 15) is 4.79 Å². The molecule has 1 fully saturated rings. The minimum atomic E-state index is -0.191. The van der Waals surface area contributed by atoms with Crippen LogP contribution >= 0.6 is 12.4 Å². The molecule has 1 aliphatic heterocycles. The maximum absolute atomic E-state index is 12.1. The molecule has 0 saturated carbocycles. The fourth-order valence-corrected chi connectivity index (χ4v) is 2.39. The van der Waals surface area contributed by atoms with Crippen molar-refractivity contribution in [1.29, 1.82) is 0 Å². The third-order valence-electron chi connectivity index (χ3n) is 3.41. The highest BCUT2D eigenvalue weighted by molar-refractivity contribution is 5.85. The van der Waals surface area contributed by atoms with Crippen LogP contribution in [0.25, 0.3) is 0 Å². The summed E-state index contributed by atoms with van der Waals surface area (Å²) in [5.41, 5.74) is 1.03. The van der Waals surface area contributed by atoms with Crippen LogP contribution < -0.4 is 5.32 Å². The van der Waals surface area contributed by atoms with Crippen LogP contribution in [0.1, 0.15) is 25.3 Å². The van der Waals surface area contributed by atoms with E-state index >= 15 is 0 Å². The number of hydrogen-bond acceptors (Lipinski definition) is 3. The molecule has 0 aromatic heterocycles. The van der Waals surface area contributed by atoms with Crippen LogP contribution in [0.2, 0.25) is 0 Å². The Morgan fingerprint density at radius 3 is 2.85 bits per heavy atom. The number of nitrogens with one attached hydrogen (secondary N) is 1. The van der Waals surface area contributed by atoms with Gasteiger partial charge in [-0.25, -0.2) is 4.79 Å². The average Bonchev–Trinajstić information content (AvgIpc) is 2.47. The first kappa shape index (κ1) is 16.8. The highest BCUT2D eigenvalue weighted by atomic mass is 35.5. The van der Waals surface area contributed by atoms with Crippen molar-refractivity contribution in [1.82, 2.24) is 10.2 Å². The third kappa shape index (κ3) is 4.69. The molecule has 1 aromatic rings. The molecule has 112 valence electrons. The van der Waals surface area contributed by atoms with Crippen LogP contribution in [0.3, 0.4) is 0 Å². The lowest BCUT2D eigenvalue weighted by Crippen LogP contribution is -2.53. The van der Waals surface area contributed by atoms with Gasteiger partial charge >= 0.3 is 6.09 Å². The van der Waals surface area contributed by atoms with Gasteiger partial charge in [0.2, 0.25) is 0 Å². The van der Waals surface area contributed by atoms with E-state index in [1.54, 1.807) is 0 Å². The van der Waals surface area contributed by atoms with Gasteiger partial charge in [-0.2, -0.15) is 0 Å². The molecule has 1 saturated heterocycles. The number of carbonyl (C=O) groups excluding carboxylic acids is 1. The Hall–Kier alpha value is -1.26. The Bertz CT molecular complexity index is 398. The first-order valence-corrected chi connectivity index (χ1v) is 6.99. The summed E-state index contributed by atoms with van der Waals surface area (Å²) >= 11 is 0. The highest BCUT2D eigenvalue weighted by Gasteiger charge is 2.26. The van der Waals surface area contributed by atoms with E-state index in [4.69, 9.17) is 4.74 Å². The molecule has 0 radical (unpaired) electrons. The standard InChI is InChI=1S/C15H22N2O2.ClH/c1-2-6-14-11-16-9-10-17(14)15(18)19-12-13-7-4-3-5-8-13;/h3-5,7-8,14,16H,2,6,9-12H2,1H3;1H/t14-;/m0./s1. The van der Waals surface area contributed by atoms with Crippen molar-refractivity contribution in [3.05, 3.63) is 35.9 Å². The maximum Gasteiger partial charge on any atom is 0.410 e. The largest absolute Gasteiger partial charge is 0.445 e. The number of amides is 1. The number of ether oxygens (including phenoxy) is 1. The van der Waals surface area contributed by atoms with Gasteiger partial charge in [-0.3, -0.25) is 0 Å². The molecule has 1 aromatic carbocycles.